The third-order valence-corrected chi connectivity index (χ3v) is 3.17. The molecule has 5 heteroatoms. The molecule has 0 aliphatic heterocycles. The van der Waals surface area contributed by atoms with Gasteiger partial charge in [0.25, 0.3) is 0 Å². The van der Waals surface area contributed by atoms with E-state index in [4.69, 9.17) is 0 Å². The Morgan fingerprint density at radius 2 is 2.30 bits per heavy atom. The van der Waals surface area contributed by atoms with Crippen LogP contribution in [0.3, 0.4) is 0 Å². The van der Waals surface area contributed by atoms with Crippen LogP contribution < -0.4 is 5.32 Å². The van der Waals surface area contributed by atoms with Gasteiger partial charge in [0.2, 0.25) is 5.91 Å². The zero-order valence-corrected chi connectivity index (χ0v) is 11.9. The molecule has 0 saturated heterocycles. The lowest BCUT2D eigenvalue weighted by molar-refractivity contribution is -0.120. The molecule has 5 nitrogen and oxygen atoms in total. The number of aliphatic hydroxyl groups excluding tert-OH is 1. The van der Waals surface area contributed by atoms with Crippen LogP contribution in [0, 0.1) is 5.92 Å². The smallest absolute Gasteiger partial charge is 0.224 e. The number of carbonyl (C=O) groups is 1. The zero-order chi connectivity index (χ0) is 14.5. The van der Waals surface area contributed by atoms with E-state index < -0.39 is 6.10 Å². The van der Waals surface area contributed by atoms with Gasteiger partial charge in [-0.25, -0.2) is 4.98 Å². The van der Waals surface area contributed by atoms with Gasteiger partial charge in [-0.3, -0.25) is 4.79 Å². The number of carbonyl (C=O) groups excluding carboxylic acids is 1. The predicted octanol–water partition coefficient (Wildman–Crippen LogP) is 1.63. The number of pyridine rings is 1. The van der Waals surface area contributed by atoms with Crippen molar-refractivity contribution in [3.63, 3.8) is 0 Å². The van der Waals surface area contributed by atoms with Crippen LogP contribution in [0.15, 0.2) is 24.5 Å². The Bertz CT molecular complexity index is 577. The summed E-state index contributed by atoms with van der Waals surface area (Å²) in [7, 11) is 0. The van der Waals surface area contributed by atoms with Gasteiger partial charge in [0.15, 0.2) is 0 Å². The highest BCUT2D eigenvalue weighted by atomic mass is 16.3. The summed E-state index contributed by atoms with van der Waals surface area (Å²) in [6.45, 7) is 4.39. The van der Waals surface area contributed by atoms with E-state index in [1.807, 2.05) is 32.2 Å². The molecule has 2 aromatic heterocycles. The molecule has 20 heavy (non-hydrogen) atoms. The fraction of sp³-hybridized carbons (Fsp3) is 0.467. The van der Waals surface area contributed by atoms with Crippen molar-refractivity contribution in [3.05, 3.63) is 30.1 Å². The van der Waals surface area contributed by atoms with E-state index in [2.05, 4.69) is 15.3 Å². The molecule has 0 aliphatic rings. The molecule has 2 aromatic rings. The Morgan fingerprint density at radius 1 is 1.50 bits per heavy atom. The van der Waals surface area contributed by atoms with Crippen LogP contribution in [0.25, 0.3) is 11.0 Å². The molecule has 1 unspecified atom stereocenters. The normalized spacial score (nSPS) is 12.8. The molecule has 0 bridgehead atoms. The maximum atomic E-state index is 11.9. The summed E-state index contributed by atoms with van der Waals surface area (Å²) in [5.41, 5.74) is 1.71. The first kappa shape index (κ1) is 14.5. The predicted molar refractivity (Wildman–Crippen MR) is 78.3 cm³/mol. The van der Waals surface area contributed by atoms with Gasteiger partial charge in [-0.1, -0.05) is 13.8 Å². The fourth-order valence-corrected chi connectivity index (χ4v) is 2.25. The second-order valence-electron chi connectivity index (χ2n) is 5.48. The van der Waals surface area contributed by atoms with Crippen molar-refractivity contribution in [1.82, 2.24) is 15.3 Å². The average Bonchev–Trinajstić information content (AvgIpc) is 2.79. The minimum Gasteiger partial charge on any atom is -0.391 e. The van der Waals surface area contributed by atoms with Gasteiger partial charge in [0, 0.05) is 24.3 Å². The van der Waals surface area contributed by atoms with E-state index in [9.17, 15) is 9.90 Å². The van der Waals surface area contributed by atoms with Gasteiger partial charge >= 0.3 is 0 Å². The molecule has 0 saturated carbocycles. The van der Waals surface area contributed by atoms with Gasteiger partial charge in [0.1, 0.15) is 5.65 Å². The third-order valence-electron chi connectivity index (χ3n) is 3.17. The monoisotopic (exact) mass is 275 g/mol. The van der Waals surface area contributed by atoms with E-state index in [1.54, 1.807) is 6.20 Å². The minimum absolute atomic E-state index is 0.0856. The first-order valence-electron chi connectivity index (χ1n) is 6.92. The Balaban J connectivity index is 1.88. The average molecular weight is 275 g/mol. The highest BCUT2D eigenvalue weighted by molar-refractivity contribution is 5.87. The molecular formula is C15H21N3O2. The molecule has 3 N–H and O–H groups in total. The molecule has 1 amide bonds. The zero-order valence-electron chi connectivity index (χ0n) is 11.9. The SMILES string of the molecule is CC(C)CC(O)CNC(=O)Cc1c[nH]c2ncccc12. The van der Waals surface area contributed by atoms with Crippen molar-refractivity contribution in [2.45, 2.75) is 32.8 Å². The van der Waals surface area contributed by atoms with E-state index >= 15 is 0 Å². The maximum absolute atomic E-state index is 11.9. The van der Waals surface area contributed by atoms with Gasteiger partial charge in [-0.15, -0.1) is 0 Å². The molecular weight excluding hydrogens is 254 g/mol. The molecule has 0 aliphatic carbocycles. The summed E-state index contributed by atoms with van der Waals surface area (Å²) in [5.74, 6) is 0.333. The number of amides is 1. The van der Waals surface area contributed by atoms with Crippen LogP contribution in [-0.4, -0.2) is 33.6 Å². The summed E-state index contributed by atoms with van der Waals surface area (Å²) in [4.78, 5) is 19.1. The fourth-order valence-electron chi connectivity index (χ4n) is 2.25. The topological polar surface area (TPSA) is 78.0 Å². The van der Waals surface area contributed by atoms with E-state index in [0.29, 0.717) is 25.3 Å². The van der Waals surface area contributed by atoms with E-state index in [0.717, 1.165) is 16.6 Å². The molecule has 2 heterocycles. The summed E-state index contributed by atoms with van der Waals surface area (Å²) in [6.07, 6.45) is 4.02. The Labute approximate surface area is 118 Å². The highest BCUT2D eigenvalue weighted by Gasteiger charge is 2.11. The summed E-state index contributed by atoms with van der Waals surface area (Å²) in [6, 6.07) is 3.79. The number of aliphatic hydroxyl groups is 1. The summed E-state index contributed by atoms with van der Waals surface area (Å²) in [5, 5.41) is 13.5. The minimum atomic E-state index is -0.483. The molecule has 0 radical (unpaired) electrons. The lowest BCUT2D eigenvalue weighted by atomic mass is 10.1. The van der Waals surface area contributed by atoms with Crippen molar-refractivity contribution in [2.24, 2.45) is 5.92 Å². The Hall–Kier alpha value is -1.88. The van der Waals surface area contributed by atoms with Crippen LogP contribution in [0.5, 0.6) is 0 Å². The van der Waals surface area contributed by atoms with Crippen LogP contribution in [0.2, 0.25) is 0 Å². The number of hydrogen-bond donors (Lipinski definition) is 3. The van der Waals surface area contributed by atoms with Gasteiger partial charge in [-0.05, 0) is 30.0 Å². The second kappa shape index (κ2) is 6.52. The number of rotatable bonds is 6. The van der Waals surface area contributed by atoms with Gasteiger partial charge in [-0.2, -0.15) is 0 Å². The molecule has 1 atom stereocenters. The lowest BCUT2D eigenvalue weighted by Gasteiger charge is -2.13. The molecule has 2 rings (SSSR count). The summed E-state index contributed by atoms with van der Waals surface area (Å²) < 4.78 is 0. The number of nitrogens with zero attached hydrogens (tertiary/aromatic N) is 1. The van der Waals surface area contributed by atoms with Crippen molar-refractivity contribution in [2.75, 3.05) is 6.54 Å². The van der Waals surface area contributed by atoms with Gasteiger partial charge < -0.3 is 15.4 Å². The number of nitrogens with one attached hydrogen (secondary N) is 2. The van der Waals surface area contributed by atoms with Crippen LogP contribution in [0.4, 0.5) is 0 Å². The highest BCUT2D eigenvalue weighted by Crippen LogP contribution is 2.15. The quantitative estimate of drug-likeness (QED) is 0.749. The number of aromatic amines is 1. The van der Waals surface area contributed by atoms with Crippen molar-refractivity contribution >= 4 is 16.9 Å². The Morgan fingerprint density at radius 3 is 3.05 bits per heavy atom. The summed E-state index contributed by atoms with van der Waals surface area (Å²) >= 11 is 0. The van der Waals surface area contributed by atoms with Crippen LogP contribution in [-0.2, 0) is 11.2 Å². The van der Waals surface area contributed by atoms with Crippen molar-refractivity contribution in [3.8, 4) is 0 Å². The van der Waals surface area contributed by atoms with Crippen LogP contribution >= 0.6 is 0 Å². The number of aromatic nitrogens is 2. The third kappa shape index (κ3) is 3.81. The molecule has 108 valence electrons. The molecule has 0 aromatic carbocycles. The number of hydrogen-bond acceptors (Lipinski definition) is 3. The van der Waals surface area contributed by atoms with Crippen molar-refractivity contribution < 1.29 is 9.90 Å². The van der Waals surface area contributed by atoms with Crippen LogP contribution in [0.1, 0.15) is 25.8 Å². The maximum Gasteiger partial charge on any atom is 0.224 e. The number of H-pyrrole nitrogens is 1. The standard InChI is InChI=1S/C15H21N3O2/c1-10(2)6-12(19)9-17-14(20)7-11-8-18-15-13(11)4-3-5-16-15/h3-5,8,10,12,19H,6-7,9H2,1-2H3,(H,16,18)(H,17,20). The lowest BCUT2D eigenvalue weighted by Crippen LogP contribution is -2.33. The van der Waals surface area contributed by atoms with Gasteiger partial charge in [0.05, 0.1) is 12.5 Å². The molecule has 0 spiro atoms. The largest absolute Gasteiger partial charge is 0.391 e. The van der Waals surface area contributed by atoms with Crippen molar-refractivity contribution in [1.29, 1.82) is 0 Å². The second-order valence-corrected chi connectivity index (χ2v) is 5.48. The van der Waals surface area contributed by atoms with E-state index in [1.165, 1.54) is 0 Å². The van der Waals surface area contributed by atoms with E-state index in [-0.39, 0.29) is 5.91 Å². The molecule has 0 fully saturated rings. The Kier molecular flexibility index (Phi) is 4.74. The first-order valence-corrected chi connectivity index (χ1v) is 6.92. The number of fused-ring (bicyclic) bond motifs is 1. The first-order chi connectivity index (χ1) is 9.56.